The van der Waals surface area contributed by atoms with Crippen LogP contribution < -0.4 is 11.5 Å². The number of fused-ring (bicyclic) bond motifs is 9. The molecule has 0 aliphatic heterocycles. The topological polar surface area (TPSA) is 61.9 Å². The van der Waals surface area contributed by atoms with E-state index in [1.807, 2.05) is 13.0 Å². The maximum atomic E-state index is 6.66. The summed E-state index contributed by atoms with van der Waals surface area (Å²) in [6, 6.07) is 53.0. The van der Waals surface area contributed by atoms with Gasteiger partial charge in [-0.1, -0.05) is 115 Å². The monoisotopic (exact) mass is 668 g/mol. The van der Waals surface area contributed by atoms with Gasteiger partial charge in [-0.2, -0.15) is 0 Å². The summed E-state index contributed by atoms with van der Waals surface area (Å²) in [6.07, 6.45) is 5.77. The Hall–Kier alpha value is -6.78. The second-order valence-electron chi connectivity index (χ2n) is 13.7. The first kappa shape index (κ1) is 30.1. The van der Waals surface area contributed by atoms with E-state index in [4.69, 9.17) is 11.5 Å². The van der Waals surface area contributed by atoms with Crippen molar-refractivity contribution in [3.05, 3.63) is 186 Å². The molecule has 0 unspecified atom stereocenters. The van der Waals surface area contributed by atoms with E-state index in [2.05, 4.69) is 161 Å². The maximum absolute atomic E-state index is 6.66. The summed E-state index contributed by atoms with van der Waals surface area (Å²) < 4.78 is 4.85. The van der Waals surface area contributed by atoms with E-state index < -0.39 is 0 Å². The molecule has 7 aromatic carbocycles. The van der Waals surface area contributed by atoms with Crippen molar-refractivity contribution in [2.75, 3.05) is 0 Å². The SMILES string of the molecule is C/C=C\C1=C(N)C(=C/N)/c2c(Cn3c4ccccc4c4cc(-c5ccc6c(c5)c5ccc7ccccc7c5n6-c5ccccc5)ccc43)cccc21. The smallest absolute Gasteiger partial charge is 0.0619 e. The number of rotatable bonds is 5. The molecule has 2 heterocycles. The molecule has 0 atom stereocenters. The highest BCUT2D eigenvalue weighted by atomic mass is 15.0. The standard InChI is InChI=1S/C48H36N4/c1-2-11-38-37-18-10-13-33(46(37)42(28-49)47(38)50)29-51-43-19-9-8-17-36(43)40-26-31(21-24-44(40)51)32-22-25-45-41(27-32)39-23-20-30-12-6-7-16-35(30)48(39)52(45)34-14-4-3-5-15-34/h2-28H,29,49-50H2,1H3/b11-2-,42-28+. The van der Waals surface area contributed by atoms with Crippen LogP contribution in [0.15, 0.2) is 170 Å². The van der Waals surface area contributed by atoms with Gasteiger partial charge >= 0.3 is 0 Å². The molecule has 4 nitrogen and oxygen atoms in total. The van der Waals surface area contributed by atoms with Crippen LogP contribution in [0.3, 0.4) is 0 Å². The zero-order valence-electron chi connectivity index (χ0n) is 28.8. The van der Waals surface area contributed by atoms with Crippen molar-refractivity contribution in [2.45, 2.75) is 13.5 Å². The molecular weight excluding hydrogens is 633 g/mol. The lowest BCUT2D eigenvalue weighted by molar-refractivity contribution is 0.866. The minimum Gasteiger partial charge on any atom is -0.404 e. The zero-order valence-corrected chi connectivity index (χ0v) is 28.8. The van der Waals surface area contributed by atoms with Gasteiger partial charge < -0.3 is 20.6 Å². The number of aromatic nitrogens is 2. The third-order valence-corrected chi connectivity index (χ3v) is 10.9. The van der Waals surface area contributed by atoms with E-state index in [1.165, 1.54) is 71.1 Å². The van der Waals surface area contributed by atoms with E-state index in [0.717, 1.165) is 33.7 Å². The van der Waals surface area contributed by atoms with Gasteiger partial charge in [0.2, 0.25) is 0 Å². The lowest BCUT2D eigenvalue weighted by atomic mass is 9.97. The number of hydrogen-bond donors (Lipinski definition) is 2. The van der Waals surface area contributed by atoms with Crippen molar-refractivity contribution < 1.29 is 0 Å². The Labute approximate surface area is 301 Å². The van der Waals surface area contributed by atoms with E-state index >= 15 is 0 Å². The molecule has 1 aliphatic carbocycles. The van der Waals surface area contributed by atoms with Gasteiger partial charge in [-0.15, -0.1) is 0 Å². The number of hydrogen-bond acceptors (Lipinski definition) is 2. The predicted octanol–water partition coefficient (Wildman–Crippen LogP) is 11.3. The van der Waals surface area contributed by atoms with Crippen LogP contribution in [-0.2, 0) is 6.54 Å². The lowest BCUT2D eigenvalue weighted by Crippen LogP contribution is -2.05. The van der Waals surface area contributed by atoms with Crippen LogP contribution in [0.2, 0.25) is 0 Å². The van der Waals surface area contributed by atoms with Gasteiger partial charge in [0.15, 0.2) is 0 Å². The van der Waals surface area contributed by atoms with Crippen molar-refractivity contribution in [3.63, 3.8) is 0 Å². The van der Waals surface area contributed by atoms with Gasteiger partial charge in [0, 0.05) is 73.2 Å². The third kappa shape index (κ3) is 4.34. The molecule has 0 spiro atoms. The molecule has 4 N–H and O–H groups in total. The van der Waals surface area contributed by atoms with Gasteiger partial charge in [0.1, 0.15) is 0 Å². The van der Waals surface area contributed by atoms with Crippen LogP contribution >= 0.6 is 0 Å². The van der Waals surface area contributed by atoms with Gasteiger partial charge in [0.25, 0.3) is 0 Å². The zero-order chi connectivity index (χ0) is 34.9. The summed E-state index contributed by atoms with van der Waals surface area (Å²) in [7, 11) is 0. The van der Waals surface area contributed by atoms with Gasteiger partial charge in [-0.3, -0.25) is 0 Å². The van der Waals surface area contributed by atoms with Crippen molar-refractivity contribution in [2.24, 2.45) is 11.5 Å². The number of para-hydroxylation sites is 2. The largest absolute Gasteiger partial charge is 0.404 e. The van der Waals surface area contributed by atoms with E-state index in [0.29, 0.717) is 6.54 Å². The van der Waals surface area contributed by atoms with Crippen molar-refractivity contribution in [1.29, 1.82) is 0 Å². The molecule has 0 bridgehead atoms. The molecule has 248 valence electrons. The Balaban J connectivity index is 1.14. The molecule has 10 rings (SSSR count). The Kier molecular flexibility index (Phi) is 6.74. The average Bonchev–Trinajstić information content (AvgIpc) is 3.80. The van der Waals surface area contributed by atoms with Crippen LogP contribution in [0.1, 0.15) is 23.6 Å². The fraction of sp³-hybridized carbons (Fsp3) is 0.0417. The Morgan fingerprint density at radius 2 is 1.29 bits per heavy atom. The van der Waals surface area contributed by atoms with Crippen LogP contribution in [0.25, 0.3) is 82.3 Å². The Morgan fingerprint density at radius 3 is 2.08 bits per heavy atom. The molecule has 0 fully saturated rings. The molecule has 0 saturated carbocycles. The average molecular weight is 669 g/mol. The van der Waals surface area contributed by atoms with Gasteiger partial charge in [-0.25, -0.2) is 0 Å². The van der Waals surface area contributed by atoms with Crippen molar-refractivity contribution in [3.8, 4) is 16.8 Å². The highest BCUT2D eigenvalue weighted by Gasteiger charge is 2.26. The van der Waals surface area contributed by atoms with E-state index in [-0.39, 0.29) is 0 Å². The minimum absolute atomic E-state index is 0.694. The molecule has 0 amide bonds. The molecule has 0 radical (unpaired) electrons. The molecule has 2 aromatic heterocycles. The van der Waals surface area contributed by atoms with Crippen molar-refractivity contribution in [1.82, 2.24) is 9.13 Å². The molecule has 9 aromatic rings. The van der Waals surface area contributed by atoms with E-state index in [1.54, 1.807) is 6.20 Å². The molecular formula is C48H36N4. The third-order valence-electron chi connectivity index (χ3n) is 10.9. The molecule has 52 heavy (non-hydrogen) atoms. The summed E-state index contributed by atoms with van der Waals surface area (Å²) in [4.78, 5) is 0. The summed E-state index contributed by atoms with van der Waals surface area (Å²) in [6.45, 7) is 2.71. The van der Waals surface area contributed by atoms with E-state index in [9.17, 15) is 0 Å². The second-order valence-corrected chi connectivity index (χ2v) is 13.7. The Morgan fingerprint density at radius 1 is 0.596 bits per heavy atom. The Bertz CT molecular complexity index is 3000. The quantitative estimate of drug-likeness (QED) is 0.192. The predicted molar refractivity (Wildman–Crippen MR) is 220 cm³/mol. The minimum atomic E-state index is 0.694. The molecule has 4 heteroatoms. The van der Waals surface area contributed by atoms with Crippen LogP contribution in [-0.4, -0.2) is 9.13 Å². The summed E-state index contributed by atoms with van der Waals surface area (Å²) in [5.41, 5.74) is 27.4. The molecule has 0 saturated heterocycles. The first-order valence-electron chi connectivity index (χ1n) is 17.8. The van der Waals surface area contributed by atoms with Gasteiger partial charge in [-0.05, 0) is 82.6 Å². The first-order valence-corrected chi connectivity index (χ1v) is 17.8. The highest BCUT2D eigenvalue weighted by molar-refractivity contribution is 6.19. The summed E-state index contributed by atoms with van der Waals surface area (Å²) in [5.74, 6) is 0. The number of allylic oxidation sites excluding steroid dienone is 4. The fourth-order valence-corrected chi connectivity index (χ4v) is 8.60. The number of nitrogens with two attached hydrogens (primary N) is 2. The fourth-order valence-electron chi connectivity index (χ4n) is 8.60. The molecule has 1 aliphatic rings. The van der Waals surface area contributed by atoms with Gasteiger partial charge in [0.05, 0.1) is 11.0 Å². The summed E-state index contributed by atoms with van der Waals surface area (Å²) >= 11 is 0. The number of benzene rings is 7. The number of nitrogens with zero attached hydrogens (tertiary/aromatic N) is 2. The lowest BCUT2D eigenvalue weighted by Gasteiger charge is -2.14. The summed E-state index contributed by atoms with van der Waals surface area (Å²) in [5, 5.41) is 7.47. The normalized spacial score (nSPS) is 14.0. The van der Waals surface area contributed by atoms with Crippen molar-refractivity contribution >= 4 is 65.5 Å². The maximum Gasteiger partial charge on any atom is 0.0619 e. The van der Waals surface area contributed by atoms with Crippen LogP contribution in [0.4, 0.5) is 0 Å². The first-order chi connectivity index (χ1) is 25.6. The van der Waals surface area contributed by atoms with Crippen LogP contribution in [0.5, 0.6) is 0 Å². The highest BCUT2D eigenvalue weighted by Crippen LogP contribution is 2.43. The van der Waals surface area contributed by atoms with Crippen LogP contribution in [0, 0.1) is 0 Å². The second kappa shape index (κ2) is 11.6.